The monoisotopic (exact) mass is 417 g/mol. The van der Waals surface area contributed by atoms with Gasteiger partial charge in [-0.3, -0.25) is 4.79 Å². The molecule has 172 valence electrons. The van der Waals surface area contributed by atoms with Gasteiger partial charge in [-0.05, 0) is 36.6 Å². The third-order valence-electron chi connectivity index (χ3n) is 5.52. The molecule has 0 spiro atoms. The van der Waals surface area contributed by atoms with Crippen molar-refractivity contribution in [1.29, 1.82) is 0 Å². The number of unbranched alkanes of at least 4 members (excludes halogenated alkanes) is 13. The number of nitrogens with one attached hydrogen (secondary N) is 1. The summed E-state index contributed by atoms with van der Waals surface area (Å²) in [5.74, 6) is 1.34. The molecule has 1 amide bonds. The summed E-state index contributed by atoms with van der Waals surface area (Å²) in [7, 11) is 0. The van der Waals surface area contributed by atoms with Crippen LogP contribution in [-0.4, -0.2) is 19.1 Å². The number of ether oxygens (including phenoxy) is 1. The lowest BCUT2D eigenvalue weighted by Gasteiger charge is -2.09. The Labute approximate surface area is 186 Å². The molecule has 0 aliphatic heterocycles. The van der Waals surface area contributed by atoms with Gasteiger partial charge in [-0.25, -0.2) is 0 Å². The lowest BCUT2D eigenvalue weighted by atomic mass is 10.0. The molecule has 0 aliphatic carbocycles. The van der Waals surface area contributed by atoms with E-state index in [-0.39, 0.29) is 5.91 Å². The molecule has 0 fully saturated rings. The van der Waals surface area contributed by atoms with Crippen molar-refractivity contribution in [3.8, 4) is 5.75 Å². The highest BCUT2D eigenvalue weighted by Gasteiger charge is 2.05. The second-order valence-corrected chi connectivity index (χ2v) is 9.08. The van der Waals surface area contributed by atoms with Crippen molar-refractivity contribution < 1.29 is 9.53 Å². The summed E-state index contributed by atoms with van der Waals surface area (Å²) in [6, 6.07) is 7.44. The Morgan fingerprint density at radius 1 is 0.767 bits per heavy atom. The highest BCUT2D eigenvalue weighted by Crippen LogP contribution is 2.14. The molecule has 1 N–H and O–H groups in total. The van der Waals surface area contributed by atoms with E-state index in [1.54, 1.807) is 0 Å². The predicted octanol–water partition coefficient (Wildman–Crippen LogP) is 7.93. The van der Waals surface area contributed by atoms with Gasteiger partial charge in [0.15, 0.2) is 0 Å². The van der Waals surface area contributed by atoms with Crippen LogP contribution in [0.4, 0.5) is 0 Å². The summed E-state index contributed by atoms with van der Waals surface area (Å²) in [4.78, 5) is 12.2. The van der Waals surface area contributed by atoms with E-state index in [1.165, 1.54) is 83.5 Å². The number of carbonyl (C=O) groups excluding carboxylic acids is 1. The third kappa shape index (κ3) is 14.5. The molecular weight excluding hydrogens is 370 g/mol. The second kappa shape index (κ2) is 18.3. The van der Waals surface area contributed by atoms with Crippen LogP contribution >= 0.6 is 0 Å². The first kappa shape index (κ1) is 26.5. The molecule has 0 radical (unpaired) electrons. The molecule has 0 saturated heterocycles. The Bertz CT molecular complexity index is 524. The number of hydrogen-bond donors (Lipinski definition) is 1. The second-order valence-electron chi connectivity index (χ2n) is 9.08. The summed E-state index contributed by atoms with van der Waals surface area (Å²) in [5.41, 5.74) is 0.706. The smallest absolute Gasteiger partial charge is 0.251 e. The minimum atomic E-state index is 0.0140. The van der Waals surface area contributed by atoms with Gasteiger partial charge in [0.1, 0.15) is 5.75 Å². The average molecular weight is 418 g/mol. The third-order valence-corrected chi connectivity index (χ3v) is 5.52. The van der Waals surface area contributed by atoms with E-state index in [0.29, 0.717) is 18.1 Å². The quantitative estimate of drug-likeness (QED) is 0.232. The molecule has 1 aromatic carbocycles. The van der Waals surface area contributed by atoms with Crippen LogP contribution in [0.25, 0.3) is 0 Å². The number of benzene rings is 1. The van der Waals surface area contributed by atoms with E-state index in [4.69, 9.17) is 4.74 Å². The molecule has 3 nitrogen and oxygen atoms in total. The fraction of sp³-hybridized carbons (Fsp3) is 0.741. The Kier molecular flexibility index (Phi) is 16.2. The van der Waals surface area contributed by atoms with Crippen LogP contribution < -0.4 is 10.1 Å². The number of carbonyl (C=O) groups is 1. The van der Waals surface area contributed by atoms with Gasteiger partial charge in [-0.1, -0.05) is 104 Å². The van der Waals surface area contributed by atoms with Crippen molar-refractivity contribution in [1.82, 2.24) is 5.32 Å². The molecule has 1 aromatic rings. The van der Waals surface area contributed by atoms with E-state index >= 15 is 0 Å². The van der Waals surface area contributed by atoms with E-state index in [0.717, 1.165) is 18.7 Å². The standard InChI is InChI=1S/C27H47NO2/c1-4-5-6-7-8-9-10-11-12-13-14-15-16-17-22-28-27(29)25-18-20-26(21-19-25)30-23-24(2)3/h18-21,24H,4-17,22-23H2,1-3H3,(H,28,29). The maximum absolute atomic E-state index is 12.2. The molecule has 0 aliphatic rings. The molecule has 0 atom stereocenters. The molecule has 0 bridgehead atoms. The molecule has 0 aromatic heterocycles. The summed E-state index contributed by atoms with van der Waals surface area (Å²) in [6.45, 7) is 7.99. The lowest BCUT2D eigenvalue weighted by Crippen LogP contribution is -2.24. The van der Waals surface area contributed by atoms with Crippen molar-refractivity contribution in [2.45, 2.75) is 111 Å². The number of hydrogen-bond acceptors (Lipinski definition) is 2. The van der Waals surface area contributed by atoms with E-state index in [9.17, 15) is 4.79 Å². The van der Waals surface area contributed by atoms with Crippen LogP contribution in [0.1, 0.15) is 121 Å². The van der Waals surface area contributed by atoms with Crippen LogP contribution in [0, 0.1) is 5.92 Å². The van der Waals surface area contributed by atoms with Gasteiger partial charge in [-0.15, -0.1) is 0 Å². The molecule has 0 heterocycles. The topological polar surface area (TPSA) is 38.3 Å². The van der Waals surface area contributed by atoms with Crippen molar-refractivity contribution in [3.05, 3.63) is 29.8 Å². The predicted molar refractivity (Wildman–Crippen MR) is 129 cm³/mol. The molecule has 0 saturated carbocycles. The van der Waals surface area contributed by atoms with Gasteiger partial charge in [-0.2, -0.15) is 0 Å². The van der Waals surface area contributed by atoms with Gasteiger partial charge in [0.05, 0.1) is 6.61 Å². The largest absolute Gasteiger partial charge is 0.493 e. The molecule has 0 unspecified atom stereocenters. The van der Waals surface area contributed by atoms with Crippen molar-refractivity contribution in [2.75, 3.05) is 13.2 Å². The van der Waals surface area contributed by atoms with Gasteiger partial charge in [0, 0.05) is 12.1 Å². The summed E-state index contributed by atoms with van der Waals surface area (Å²) in [6.07, 6.45) is 19.0. The zero-order chi connectivity index (χ0) is 21.9. The number of amides is 1. The molecular formula is C27H47NO2. The fourth-order valence-corrected chi connectivity index (χ4v) is 3.59. The van der Waals surface area contributed by atoms with Crippen LogP contribution in [0.15, 0.2) is 24.3 Å². The first-order chi connectivity index (χ1) is 14.6. The highest BCUT2D eigenvalue weighted by atomic mass is 16.5. The van der Waals surface area contributed by atoms with Crippen LogP contribution in [0.3, 0.4) is 0 Å². The van der Waals surface area contributed by atoms with Crippen LogP contribution in [0.5, 0.6) is 5.75 Å². The van der Waals surface area contributed by atoms with Crippen LogP contribution in [-0.2, 0) is 0 Å². The molecule has 3 heteroatoms. The lowest BCUT2D eigenvalue weighted by molar-refractivity contribution is 0.0953. The first-order valence-corrected chi connectivity index (χ1v) is 12.6. The van der Waals surface area contributed by atoms with Crippen molar-refractivity contribution >= 4 is 5.91 Å². The zero-order valence-corrected chi connectivity index (χ0v) is 20.0. The maximum Gasteiger partial charge on any atom is 0.251 e. The van der Waals surface area contributed by atoms with E-state index in [1.807, 2.05) is 24.3 Å². The SMILES string of the molecule is CCCCCCCCCCCCCCCCNC(=O)c1ccc(OCC(C)C)cc1. The zero-order valence-electron chi connectivity index (χ0n) is 20.0. The first-order valence-electron chi connectivity index (χ1n) is 12.6. The Hall–Kier alpha value is -1.51. The number of rotatable bonds is 19. The summed E-state index contributed by atoms with van der Waals surface area (Å²) in [5, 5.41) is 3.03. The summed E-state index contributed by atoms with van der Waals surface area (Å²) >= 11 is 0. The van der Waals surface area contributed by atoms with E-state index in [2.05, 4.69) is 26.1 Å². The Morgan fingerprint density at radius 2 is 1.23 bits per heavy atom. The molecule has 30 heavy (non-hydrogen) atoms. The van der Waals surface area contributed by atoms with Gasteiger partial charge >= 0.3 is 0 Å². The maximum atomic E-state index is 12.2. The van der Waals surface area contributed by atoms with Gasteiger partial charge < -0.3 is 10.1 Å². The van der Waals surface area contributed by atoms with Crippen LogP contribution in [0.2, 0.25) is 0 Å². The fourth-order valence-electron chi connectivity index (χ4n) is 3.59. The van der Waals surface area contributed by atoms with Crippen molar-refractivity contribution in [2.24, 2.45) is 5.92 Å². The minimum absolute atomic E-state index is 0.0140. The summed E-state index contributed by atoms with van der Waals surface area (Å²) < 4.78 is 5.66. The minimum Gasteiger partial charge on any atom is -0.493 e. The highest BCUT2D eigenvalue weighted by molar-refractivity contribution is 5.94. The Balaban J connectivity index is 1.92. The Morgan fingerprint density at radius 3 is 1.70 bits per heavy atom. The van der Waals surface area contributed by atoms with Crippen molar-refractivity contribution in [3.63, 3.8) is 0 Å². The van der Waals surface area contributed by atoms with Gasteiger partial charge in [0.2, 0.25) is 0 Å². The van der Waals surface area contributed by atoms with E-state index < -0.39 is 0 Å². The average Bonchev–Trinajstić information content (AvgIpc) is 2.75. The van der Waals surface area contributed by atoms with Gasteiger partial charge in [0.25, 0.3) is 5.91 Å². The molecule has 1 rings (SSSR count). The normalized spacial score (nSPS) is 11.1.